The molecule has 6 nitrogen and oxygen atoms in total. The molecule has 12 aromatic carbocycles. The van der Waals surface area contributed by atoms with Crippen molar-refractivity contribution in [3.63, 3.8) is 0 Å². The normalized spacial score (nSPS) is 11.2. The van der Waals surface area contributed by atoms with Crippen LogP contribution in [0.1, 0.15) is 5.56 Å². The van der Waals surface area contributed by atoms with E-state index in [-0.39, 0.29) is 0 Å². The molecule has 0 aliphatic rings. The van der Waals surface area contributed by atoms with E-state index in [1.54, 1.807) is 0 Å². The van der Waals surface area contributed by atoms with E-state index >= 15 is 0 Å². The lowest BCUT2D eigenvalue weighted by molar-refractivity contribution is 1.18. The van der Waals surface area contributed by atoms with Gasteiger partial charge in [0.1, 0.15) is 0 Å². The molecular weight excluding hydrogens is 1080 g/mol. The van der Waals surface area contributed by atoms with E-state index < -0.39 is 0 Å². The largest absolute Gasteiger partial charge is 0.310 e. The first kappa shape index (κ1) is 53.8. The van der Waals surface area contributed by atoms with Crippen molar-refractivity contribution in [1.82, 2.24) is 19.1 Å². The highest BCUT2D eigenvalue weighted by atomic mass is 15.2. The van der Waals surface area contributed by atoms with Crippen LogP contribution in [0, 0.1) is 6.92 Å². The maximum Gasteiger partial charge on any atom is 0.0562 e. The number of hydrogen-bond donors (Lipinski definition) is 0. The molecule has 0 saturated carbocycles. The van der Waals surface area contributed by atoms with E-state index in [0.29, 0.717) is 0 Å². The van der Waals surface area contributed by atoms with Gasteiger partial charge in [-0.05, 0) is 185 Å². The molecule has 0 saturated heterocycles. The topological polar surface area (TPSA) is 42.1 Å². The van der Waals surface area contributed by atoms with E-state index in [0.717, 1.165) is 56.6 Å². The van der Waals surface area contributed by atoms with Crippen LogP contribution in [0.2, 0.25) is 0 Å². The summed E-state index contributed by atoms with van der Waals surface area (Å²) in [6, 6.07) is 115. The summed E-state index contributed by atoms with van der Waals surface area (Å²) < 4.78 is 4.77. The van der Waals surface area contributed by atoms with Gasteiger partial charge in [-0.15, -0.1) is 0 Å². The molecule has 0 N–H and O–H groups in total. The first-order valence-corrected chi connectivity index (χ1v) is 30.2. The van der Waals surface area contributed by atoms with Gasteiger partial charge in [-0.2, -0.15) is 0 Å². The summed E-state index contributed by atoms with van der Waals surface area (Å²) in [6.07, 6.45) is 7.36. The van der Waals surface area contributed by atoms with Gasteiger partial charge in [0.05, 0.1) is 33.4 Å². The lowest BCUT2D eigenvalue weighted by Crippen LogP contribution is -2.10. The van der Waals surface area contributed by atoms with E-state index in [9.17, 15) is 0 Å². The molecule has 0 amide bonds. The lowest BCUT2D eigenvalue weighted by Gasteiger charge is -2.27. The molecule has 89 heavy (non-hydrogen) atoms. The molecule has 4 aromatic heterocycles. The maximum absolute atomic E-state index is 4.18. The minimum absolute atomic E-state index is 1.11. The fourth-order valence-corrected chi connectivity index (χ4v) is 12.6. The molecule has 422 valence electrons. The molecule has 4 heterocycles. The zero-order valence-electron chi connectivity index (χ0n) is 49.1. The molecule has 0 unspecified atom stereocenters. The Hall–Kier alpha value is -11.9. The van der Waals surface area contributed by atoms with E-state index in [1.807, 2.05) is 49.1 Å². The van der Waals surface area contributed by atoms with Crippen LogP contribution in [0.4, 0.5) is 34.1 Å². The molecular formula is C83H60N6. The van der Waals surface area contributed by atoms with Gasteiger partial charge in [-0.1, -0.05) is 194 Å². The van der Waals surface area contributed by atoms with Crippen molar-refractivity contribution in [2.24, 2.45) is 0 Å². The third-order valence-electron chi connectivity index (χ3n) is 16.9. The van der Waals surface area contributed by atoms with Crippen LogP contribution >= 0.6 is 0 Å². The number of para-hydroxylation sites is 3. The molecule has 0 aliphatic heterocycles. The zero-order valence-corrected chi connectivity index (χ0v) is 49.1. The Balaban J connectivity index is 0.000000149. The van der Waals surface area contributed by atoms with E-state index in [2.05, 4.69) is 333 Å². The van der Waals surface area contributed by atoms with Crippen molar-refractivity contribution in [3.8, 4) is 55.9 Å². The number of rotatable bonds is 12. The second-order valence-corrected chi connectivity index (χ2v) is 22.3. The van der Waals surface area contributed by atoms with E-state index in [1.165, 1.54) is 82.6 Å². The maximum atomic E-state index is 4.18. The summed E-state index contributed by atoms with van der Waals surface area (Å²) >= 11 is 0. The SMILES string of the molecule is Cc1ccc(N(c2ccc(-c3ccccc3)cc2)c2cccc3c2c2ccccc2n3-c2ccc(-c3ccncc3)cc2)cc1.c1ccc(-c2ccc(N(c3ccccc3)c3cccc4c3c3ccccc3n4-c3ccc(-c4ccncc4)cc3)cc2)cc1. The Kier molecular flexibility index (Phi) is 14.5. The molecule has 0 bridgehead atoms. The average molecular weight is 1140 g/mol. The smallest absolute Gasteiger partial charge is 0.0562 e. The second kappa shape index (κ2) is 23.9. The number of aromatic nitrogens is 4. The third kappa shape index (κ3) is 10.4. The molecule has 16 rings (SSSR count). The molecule has 0 atom stereocenters. The monoisotopic (exact) mass is 1140 g/mol. The van der Waals surface area contributed by atoms with Gasteiger partial charge < -0.3 is 18.9 Å². The highest BCUT2D eigenvalue weighted by Crippen LogP contribution is 2.46. The Morgan fingerprint density at radius 1 is 0.236 bits per heavy atom. The number of pyridine rings is 2. The molecule has 0 aliphatic carbocycles. The fourth-order valence-electron chi connectivity index (χ4n) is 12.6. The summed E-state index contributed by atoms with van der Waals surface area (Å²) in [6.45, 7) is 2.14. The van der Waals surface area contributed by atoms with E-state index in [4.69, 9.17) is 0 Å². The number of nitrogens with zero attached hydrogens (tertiary/aromatic N) is 6. The first-order valence-electron chi connectivity index (χ1n) is 30.2. The fraction of sp³-hybridized carbons (Fsp3) is 0.0120. The van der Waals surface area contributed by atoms with Crippen LogP contribution < -0.4 is 9.80 Å². The van der Waals surface area contributed by atoms with Crippen molar-refractivity contribution in [1.29, 1.82) is 0 Å². The number of benzene rings is 12. The predicted octanol–water partition coefficient (Wildman–Crippen LogP) is 22.3. The van der Waals surface area contributed by atoms with Gasteiger partial charge in [0.15, 0.2) is 0 Å². The highest BCUT2D eigenvalue weighted by molar-refractivity contribution is 6.18. The zero-order chi connectivity index (χ0) is 59.5. The molecule has 0 radical (unpaired) electrons. The standard InChI is InChI=1S/C42H31N3.C41H29N3/c1-30-14-20-35(21-15-30)44(36-22-16-32(17-23-36)31-8-3-2-4-9-31)40-12-7-13-41-42(40)38-10-5-6-11-39(38)45(41)37-24-18-33(19-25-37)34-26-28-43-29-27-34;1-3-10-30(11-4-1)31-18-22-35(23-19-31)43(34-12-5-2-6-13-34)39-16-9-17-40-41(39)37-14-7-8-15-38(37)44(40)36-24-20-32(21-25-36)33-26-28-42-29-27-33/h2-29H,1H3;1-29H. The number of anilines is 6. The first-order chi connectivity index (χ1) is 44.1. The van der Waals surface area contributed by atoms with Gasteiger partial charge in [-0.3, -0.25) is 9.97 Å². The molecule has 6 heteroatoms. The van der Waals surface area contributed by atoms with Gasteiger partial charge >= 0.3 is 0 Å². The van der Waals surface area contributed by atoms with Gasteiger partial charge in [0, 0.05) is 80.5 Å². The highest BCUT2D eigenvalue weighted by Gasteiger charge is 2.23. The van der Waals surface area contributed by atoms with Crippen LogP contribution in [0.5, 0.6) is 0 Å². The predicted molar refractivity (Wildman–Crippen MR) is 373 cm³/mol. The second-order valence-electron chi connectivity index (χ2n) is 22.3. The average Bonchev–Trinajstić information content (AvgIpc) is 1.91. The van der Waals surface area contributed by atoms with Crippen LogP contribution in [0.15, 0.2) is 346 Å². The summed E-state index contributed by atoms with van der Waals surface area (Å²) in [7, 11) is 0. The Morgan fingerprint density at radius 3 is 0.921 bits per heavy atom. The van der Waals surface area contributed by atoms with Crippen molar-refractivity contribution in [2.45, 2.75) is 6.92 Å². The Labute approximate surface area is 518 Å². The Bertz CT molecular complexity index is 5070. The number of fused-ring (bicyclic) bond motifs is 6. The quantitative estimate of drug-likeness (QED) is 0.122. The van der Waals surface area contributed by atoms with Gasteiger partial charge in [-0.25, -0.2) is 0 Å². The summed E-state index contributed by atoms with van der Waals surface area (Å²) in [5.41, 5.74) is 24.5. The van der Waals surface area contributed by atoms with Gasteiger partial charge in [0.25, 0.3) is 0 Å². The van der Waals surface area contributed by atoms with Crippen LogP contribution in [-0.2, 0) is 0 Å². The molecule has 16 aromatic rings. The molecule has 0 fully saturated rings. The van der Waals surface area contributed by atoms with Crippen molar-refractivity contribution in [2.75, 3.05) is 9.80 Å². The van der Waals surface area contributed by atoms with Gasteiger partial charge in [0.2, 0.25) is 0 Å². The van der Waals surface area contributed by atoms with Crippen molar-refractivity contribution in [3.05, 3.63) is 352 Å². The summed E-state index contributed by atoms with van der Waals surface area (Å²) in [4.78, 5) is 13.1. The van der Waals surface area contributed by atoms with Crippen molar-refractivity contribution >= 4 is 77.7 Å². The Morgan fingerprint density at radius 2 is 0.528 bits per heavy atom. The summed E-state index contributed by atoms with van der Waals surface area (Å²) in [5, 5.41) is 4.88. The number of hydrogen-bond acceptors (Lipinski definition) is 4. The van der Waals surface area contributed by atoms with Crippen LogP contribution in [-0.4, -0.2) is 19.1 Å². The minimum Gasteiger partial charge on any atom is -0.310 e. The third-order valence-corrected chi connectivity index (χ3v) is 16.9. The summed E-state index contributed by atoms with van der Waals surface area (Å²) in [5.74, 6) is 0. The van der Waals surface area contributed by atoms with Crippen molar-refractivity contribution < 1.29 is 0 Å². The number of aryl methyl sites for hydroxylation is 1. The molecule has 0 spiro atoms. The lowest BCUT2D eigenvalue weighted by atomic mass is 10.0. The van der Waals surface area contributed by atoms with Crippen LogP contribution in [0.25, 0.3) is 99.5 Å². The minimum atomic E-state index is 1.11. The van der Waals surface area contributed by atoms with Crippen LogP contribution in [0.3, 0.4) is 0 Å².